The van der Waals surface area contributed by atoms with Crippen molar-refractivity contribution in [3.8, 4) is 0 Å². The van der Waals surface area contributed by atoms with Gasteiger partial charge in [-0.05, 0) is 0 Å². The van der Waals surface area contributed by atoms with Gasteiger partial charge in [0.05, 0.1) is 6.61 Å². The highest BCUT2D eigenvalue weighted by molar-refractivity contribution is 4.89. The number of hydrogen-bond acceptors (Lipinski definition) is 6. The number of rotatable bonds is 2. The van der Waals surface area contributed by atoms with E-state index in [1.807, 2.05) is 0 Å². The van der Waals surface area contributed by atoms with Gasteiger partial charge in [-0.1, -0.05) is 0 Å². The molecule has 1 aliphatic heterocycles. The minimum Gasteiger partial charge on any atom is -0.394 e. The Morgan fingerprint density at radius 2 is 2.08 bits per heavy atom. The fraction of sp³-hybridized carbons (Fsp3) is 1.00. The minimum absolute atomic E-state index is 0.496. The van der Waals surface area contributed by atoms with Gasteiger partial charge in [-0.2, -0.15) is 0 Å². The summed E-state index contributed by atoms with van der Waals surface area (Å²) in [6, 6.07) is 0. The van der Waals surface area contributed by atoms with Gasteiger partial charge < -0.3 is 29.9 Å². The molecule has 0 aromatic carbocycles. The summed E-state index contributed by atoms with van der Waals surface area (Å²) in [6.07, 6.45) is -3.94. The van der Waals surface area contributed by atoms with E-state index in [-0.39, 0.29) is 0 Å². The second-order valence-corrected chi connectivity index (χ2v) is 2.61. The molecule has 0 aliphatic carbocycles. The monoisotopic (exact) mass is 180 g/mol. The zero-order valence-corrected chi connectivity index (χ0v) is 6.54. The van der Waals surface area contributed by atoms with E-state index >= 15 is 0 Å². The van der Waals surface area contributed by atoms with Crippen molar-refractivity contribution in [3.63, 3.8) is 0 Å². The Labute approximate surface area is 69.0 Å². The van der Waals surface area contributed by atoms with Crippen LogP contribution in [0.3, 0.4) is 0 Å². The predicted octanol–water partition coefficient (Wildman–Crippen LogP) is -2.61. The second-order valence-electron chi connectivity index (χ2n) is 2.61. The summed E-state index contributed by atoms with van der Waals surface area (Å²) in [5, 5.41) is 36.2. The van der Waals surface area contributed by atoms with Gasteiger partial charge >= 0.3 is 5.97 Å². The fourth-order valence-electron chi connectivity index (χ4n) is 1.09. The van der Waals surface area contributed by atoms with Crippen molar-refractivity contribution in [2.45, 2.75) is 24.3 Å². The third kappa shape index (κ3) is 1.33. The van der Waals surface area contributed by atoms with Gasteiger partial charge in [0, 0.05) is 7.11 Å². The summed E-state index contributed by atoms with van der Waals surface area (Å²) in [6.45, 7) is -0.496. The van der Waals surface area contributed by atoms with Crippen LogP contribution in [0.5, 0.6) is 0 Å². The van der Waals surface area contributed by atoms with Crippen LogP contribution in [-0.2, 0) is 9.47 Å². The number of hydrogen-bond donors (Lipinski definition) is 4. The van der Waals surface area contributed by atoms with Crippen LogP contribution in [0.4, 0.5) is 0 Å². The lowest BCUT2D eigenvalue weighted by atomic mass is 10.1. The molecule has 1 heterocycles. The summed E-state index contributed by atoms with van der Waals surface area (Å²) in [5.74, 6) is -2.22. The first kappa shape index (κ1) is 9.85. The molecule has 1 rings (SSSR count). The van der Waals surface area contributed by atoms with Gasteiger partial charge in [0.2, 0.25) is 0 Å². The van der Waals surface area contributed by atoms with Crippen LogP contribution in [0.15, 0.2) is 0 Å². The third-order valence-electron chi connectivity index (χ3n) is 1.87. The molecule has 1 fully saturated rings. The first-order chi connectivity index (χ1) is 5.55. The number of aliphatic hydroxyl groups is 4. The minimum atomic E-state index is -2.22. The third-order valence-corrected chi connectivity index (χ3v) is 1.87. The number of ether oxygens (including phenoxy) is 2. The van der Waals surface area contributed by atoms with Crippen molar-refractivity contribution in [2.75, 3.05) is 13.7 Å². The molecular formula is C6H12O6. The molecule has 0 aromatic heterocycles. The van der Waals surface area contributed by atoms with Crippen molar-refractivity contribution < 1.29 is 29.9 Å². The first-order valence-electron chi connectivity index (χ1n) is 3.47. The molecule has 0 aromatic rings. The van der Waals surface area contributed by atoms with E-state index in [0.717, 1.165) is 7.11 Å². The topological polar surface area (TPSA) is 99.4 Å². The lowest BCUT2D eigenvalue weighted by Gasteiger charge is -2.22. The zero-order chi connectivity index (χ0) is 9.35. The molecule has 0 amide bonds. The molecule has 1 unspecified atom stereocenters. The van der Waals surface area contributed by atoms with Crippen LogP contribution in [0.25, 0.3) is 0 Å². The maximum Gasteiger partial charge on any atom is 0.311 e. The van der Waals surface area contributed by atoms with Crippen molar-refractivity contribution in [2.24, 2.45) is 0 Å². The van der Waals surface area contributed by atoms with E-state index < -0.39 is 30.9 Å². The Bertz CT molecular complexity index is 162. The molecule has 4 N–H and O–H groups in total. The van der Waals surface area contributed by atoms with Crippen molar-refractivity contribution in [1.29, 1.82) is 0 Å². The van der Waals surface area contributed by atoms with Crippen molar-refractivity contribution in [1.82, 2.24) is 0 Å². The summed E-state index contributed by atoms with van der Waals surface area (Å²) >= 11 is 0. The highest BCUT2D eigenvalue weighted by atomic mass is 16.8. The lowest BCUT2D eigenvalue weighted by molar-refractivity contribution is -0.367. The van der Waals surface area contributed by atoms with Gasteiger partial charge in [0.25, 0.3) is 0 Å². The van der Waals surface area contributed by atoms with Crippen molar-refractivity contribution in [3.05, 3.63) is 0 Å². The fourth-order valence-corrected chi connectivity index (χ4v) is 1.09. The Kier molecular flexibility index (Phi) is 2.67. The largest absolute Gasteiger partial charge is 0.394 e. The van der Waals surface area contributed by atoms with E-state index in [1.54, 1.807) is 0 Å². The van der Waals surface area contributed by atoms with E-state index in [4.69, 9.17) is 15.3 Å². The number of methoxy groups -OCH3 is 1. The Hall–Kier alpha value is -0.240. The first-order valence-corrected chi connectivity index (χ1v) is 3.47. The van der Waals surface area contributed by atoms with Gasteiger partial charge in [-0.15, -0.1) is 0 Å². The second kappa shape index (κ2) is 3.25. The van der Waals surface area contributed by atoms with E-state index in [1.165, 1.54) is 0 Å². The lowest BCUT2D eigenvalue weighted by Crippen LogP contribution is -2.44. The van der Waals surface area contributed by atoms with Crippen molar-refractivity contribution >= 4 is 0 Å². The van der Waals surface area contributed by atoms with Gasteiger partial charge in [0.15, 0.2) is 6.10 Å². The average Bonchev–Trinajstić information content (AvgIpc) is 2.31. The van der Waals surface area contributed by atoms with Crippen LogP contribution in [0.1, 0.15) is 0 Å². The molecule has 6 nitrogen and oxygen atoms in total. The average molecular weight is 180 g/mol. The van der Waals surface area contributed by atoms with Crippen LogP contribution in [0.2, 0.25) is 0 Å². The molecule has 0 radical (unpaired) electrons. The Morgan fingerprint density at radius 1 is 1.50 bits per heavy atom. The summed E-state index contributed by atoms with van der Waals surface area (Å²) < 4.78 is 9.08. The predicted molar refractivity (Wildman–Crippen MR) is 35.9 cm³/mol. The summed E-state index contributed by atoms with van der Waals surface area (Å²) in [7, 11) is 1.12. The van der Waals surface area contributed by atoms with E-state index in [0.29, 0.717) is 0 Å². The Balaban J connectivity index is 2.72. The molecule has 0 saturated carbocycles. The van der Waals surface area contributed by atoms with Gasteiger partial charge in [0.1, 0.15) is 12.2 Å². The van der Waals surface area contributed by atoms with Crippen LogP contribution >= 0.6 is 0 Å². The highest BCUT2D eigenvalue weighted by Crippen LogP contribution is 2.29. The number of aliphatic hydroxyl groups excluding tert-OH is 3. The summed E-state index contributed by atoms with van der Waals surface area (Å²) in [4.78, 5) is 0. The zero-order valence-electron chi connectivity index (χ0n) is 6.54. The highest BCUT2D eigenvalue weighted by Gasteiger charge is 2.54. The van der Waals surface area contributed by atoms with Crippen LogP contribution in [-0.4, -0.2) is 58.4 Å². The summed E-state index contributed by atoms with van der Waals surface area (Å²) in [5.41, 5.74) is 0. The maximum atomic E-state index is 9.27. The Morgan fingerprint density at radius 3 is 2.33 bits per heavy atom. The molecule has 6 heteroatoms. The molecule has 12 heavy (non-hydrogen) atoms. The van der Waals surface area contributed by atoms with E-state index in [2.05, 4.69) is 9.47 Å². The molecule has 4 atom stereocenters. The van der Waals surface area contributed by atoms with Crippen LogP contribution < -0.4 is 0 Å². The quantitative estimate of drug-likeness (QED) is 0.347. The standard InChI is InChI=1S/C6H12O6/c1-11-6(10)5(9)4(8)3(2-7)12-6/h3-5,7-10H,2H2,1H3/t3-,4-,5+,6?/m0/s1. The van der Waals surface area contributed by atoms with Crippen LogP contribution in [0, 0.1) is 0 Å². The molecule has 0 bridgehead atoms. The maximum absolute atomic E-state index is 9.27. The molecule has 1 aliphatic rings. The molecule has 1 saturated heterocycles. The molecule has 0 spiro atoms. The molecular weight excluding hydrogens is 168 g/mol. The molecule has 72 valence electrons. The normalized spacial score (nSPS) is 48.2. The van der Waals surface area contributed by atoms with E-state index in [9.17, 15) is 5.11 Å². The van der Waals surface area contributed by atoms with Gasteiger partial charge in [-0.25, -0.2) is 0 Å². The smallest absolute Gasteiger partial charge is 0.311 e. The SMILES string of the molecule is COC1(O)O[C@@H](CO)[C@H](O)[C@H]1O. The van der Waals surface area contributed by atoms with Gasteiger partial charge in [-0.3, -0.25) is 0 Å².